The molecule has 0 aromatic carbocycles. The minimum atomic E-state index is 0.125. The summed E-state index contributed by atoms with van der Waals surface area (Å²) in [6, 6.07) is 2.00. The van der Waals surface area contributed by atoms with E-state index in [0.29, 0.717) is 11.5 Å². The number of carbonyl (C=O) groups is 1. The molecule has 1 fully saturated rings. The molecule has 0 bridgehead atoms. The number of aromatic nitrogens is 1. The molecular formula is C15H22N4OS. The first-order valence-corrected chi connectivity index (χ1v) is 7.59. The molecule has 0 saturated carbocycles. The highest BCUT2D eigenvalue weighted by Gasteiger charge is 2.21. The van der Waals surface area contributed by atoms with Gasteiger partial charge in [0, 0.05) is 38.8 Å². The van der Waals surface area contributed by atoms with Crippen LogP contribution in [0, 0.1) is 13.8 Å². The van der Waals surface area contributed by atoms with Crippen molar-refractivity contribution in [2.45, 2.75) is 27.2 Å². The molecule has 1 amide bonds. The van der Waals surface area contributed by atoms with Crippen LogP contribution in [0.2, 0.25) is 0 Å². The second-order valence-corrected chi connectivity index (χ2v) is 5.93. The van der Waals surface area contributed by atoms with E-state index in [1.807, 2.05) is 24.8 Å². The zero-order chi connectivity index (χ0) is 15.6. The van der Waals surface area contributed by atoms with Crippen molar-refractivity contribution < 1.29 is 4.79 Å². The predicted octanol–water partition coefficient (Wildman–Crippen LogP) is 1.39. The molecule has 0 atom stereocenters. The minimum Gasteiger partial charge on any atom is -0.389 e. The van der Waals surface area contributed by atoms with Crippen molar-refractivity contribution >= 4 is 28.9 Å². The fraction of sp³-hybridized carbons (Fsp3) is 0.533. The van der Waals surface area contributed by atoms with Crippen molar-refractivity contribution in [3.8, 4) is 0 Å². The summed E-state index contributed by atoms with van der Waals surface area (Å²) in [7, 11) is 0. The molecular weight excluding hydrogens is 284 g/mol. The molecule has 114 valence electrons. The van der Waals surface area contributed by atoms with Crippen LogP contribution >= 0.6 is 12.2 Å². The van der Waals surface area contributed by atoms with Crippen LogP contribution in [0.1, 0.15) is 30.2 Å². The number of amides is 1. The summed E-state index contributed by atoms with van der Waals surface area (Å²) < 4.78 is 0. The zero-order valence-electron chi connectivity index (χ0n) is 12.8. The maximum absolute atomic E-state index is 11.5. The molecule has 1 saturated heterocycles. The average Bonchev–Trinajstić information content (AvgIpc) is 2.62. The van der Waals surface area contributed by atoms with Gasteiger partial charge in [-0.15, -0.1) is 0 Å². The van der Waals surface area contributed by atoms with Crippen LogP contribution in [0.4, 0.5) is 5.82 Å². The normalized spacial score (nSPS) is 15.8. The number of thiocarbonyl (C=S) groups is 1. The maximum atomic E-state index is 11.5. The highest BCUT2D eigenvalue weighted by Crippen LogP contribution is 2.23. The highest BCUT2D eigenvalue weighted by molar-refractivity contribution is 7.80. The third kappa shape index (κ3) is 3.50. The largest absolute Gasteiger partial charge is 0.389 e. The van der Waals surface area contributed by atoms with E-state index in [-0.39, 0.29) is 5.91 Å². The molecule has 1 aliphatic heterocycles. The standard InChI is InChI=1S/C15H22N4OS/c1-10-9-11(2)17-15(13(10)14(16)21)19-6-4-5-18(7-8-19)12(3)20/h9H,4-8H2,1-3H3,(H2,16,21). The van der Waals surface area contributed by atoms with Crippen molar-refractivity contribution in [1.82, 2.24) is 9.88 Å². The number of rotatable bonds is 2. The van der Waals surface area contributed by atoms with Crippen LogP contribution in [0.5, 0.6) is 0 Å². The molecule has 2 heterocycles. The van der Waals surface area contributed by atoms with Gasteiger partial charge in [0.1, 0.15) is 10.8 Å². The maximum Gasteiger partial charge on any atom is 0.219 e. The van der Waals surface area contributed by atoms with E-state index in [9.17, 15) is 4.79 Å². The van der Waals surface area contributed by atoms with Gasteiger partial charge < -0.3 is 15.5 Å². The van der Waals surface area contributed by atoms with Crippen LogP contribution in [0.3, 0.4) is 0 Å². The van der Waals surface area contributed by atoms with Crippen LogP contribution in [-0.2, 0) is 4.79 Å². The van der Waals surface area contributed by atoms with Crippen molar-refractivity contribution in [3.05, 3.63) is 22.9 Å². The molecule has 0 spiro atoms. The molecule has 21 heavy (non-hydrogen) atoms. The van der Waals surface area contributed by atoms with E-state index in [1.165, 1.54) is 0 Å². The van der Waals surface area contributed by atoms with Gasteiger partial charge in [-0.1, -0.05) is 12.2 Å². The van der Waals surface area contributed by atoms with Gasteiger partial charge in [-0.3, -0.25) is 4.79 Å². The van der Waals surface area contributed by atoms with E-state index in [1.54, 1.807) is 6.92 Å². The Hall–Kier alpha value is -1.69. The lowest BCUT2D eigenvalue weighted by Crippen LogP contribution is -2.35. The van der Waals surface area contributed by atoms with E-state index < -0.39 is 0 Å². The molecule has 1 aromatic rings. The highest BCUT2D eigenvalue weighted by atomic mass is 32.1. The SMILES string of the molecule is CC(=O)N1CCCN(c2nc(C)cc(C)c2C(N)=S)CC1. The molecule has 6 heteroatoms. The number of pyridine rings is 1. The van der Waals surface area contributed by atoms with Crippen molar-refractivity contribution in [1.29, 1.82) is 0 Å². The first-order valence-electron chi connectivity index (χ1n) is 7.18. The molecule has 1 aliphatic rings. The lowest BCUT2D eigenvalue weighted by Gasteiger charge is -2.25. The van der Waals surface area contributed by atoms with Crippen LogP contribution in [0.15, 0.2) is 6.07 Å². The van der Waals surface area contributed by atoms with Gasteiger partial charge in [0.2, 0.25) is 5.91 Å². The van der Waals surface area contributed by atoms with E-state index in [4.69, 9.17) is 18.0 Å². The summed E-state index contributed by atoms with van der Waals surface area (Å²) in [5.41, 5.74) is 8.75. The third-order valence-electron chi connectivity index (χ3n) is 3.81. The Morgan fingerprint density at radius 2 is 2.00 bits per heavy atom. The average molecular weight is 306 g/mol. The number of aryl methyl sites for hydroxylation is 2. The quantitative estimate of drug-likeness (QED) is 0.837. The fourth-order valence-electron chi connectivity index (χ4n) is 2.79. The molecule has 0 aliphatic carbocycles. The Labute approximate surface area is 131 Å². The van der Waals surface area contributed by atoms with Gasteiger partial charge in [-0.25, -0.2) is 4.98 Å². The molecule has 1 aromatic heterocycles. The van der Waals surface area contributed by atoms with Crippen LogP contribution < -0.4 is 10.6 Å². The minimum absolute atomic E-state index is 0.125. The predicted molar refractivity (Wildman–Crippen MR) is 88.7 cm³/mol. The number of hydrogen-bond donors (Lipinski definition) is 1. The Balaban J connectivity index is 2.33. The smallest absolute Gasteiger partial charge is 0.219 e. The monoisotopic (exact) mass is 306 g/mol. The Kier molecular flexibility index (Phi) is 4.77. The van der Waals surface area contributed by atoms with Gasteiger partial charge in [0.05, 0.1) is 5.56 Å². The zero-order valence-corrected chi connectivity index (χ0v) is 13.7. The Bertz CT molecular complexity index is 573. The van der Waals surface area contributed by atoms with Crippen molar-refractivity contribution in [3.63, 3.8) is 0 Å². The summed E-state index contributed by atoms with van der Waals surface area (Å²) in [5.74, 6) is 0.977. The fourth-order valence-corrected chi connectivity index (χ4v) is 3.05. The lowest BCUT2D eigenvalue weighted by atomic mass is 10.1. The summed E-state index contributed by atoms with van der Waals surface area (Å²) in [5, 5.41) is 0. The van der Waals surface area contributed by atoms with Gasteiger partial charge in [-0.2, -0.15) is 0 Å². The first kappa shape index (κ1) is 15.7. The van der Waals surface area contributed by atoms with Gasteiger partial charge in [0.25, 0.3) is 0 Å². The number of anilines is 1. The molecule has 0 radical (unpaired) electrons. The molecule has 5 nitrogen and oxygen atoms in total. The van der Waals surface area contributed by atoms with E-state index in [2.05, 4.69) is 9.88 Å². The van der Waals surface area contributed by atoms with Gasteiger partial charge in [-0.05, 0) is 31.9 Å². The van der Waals surface area contributed by atoms with Gasteiger partial charge >= 0.3 is 0 Å². The topological polar surface area (TPSA) is 62.5 Å². The number of hydrogen-bond acceptors (Lipinski definition) is 4. The molecule has 2 N–H and O–H groups in total. The lowest BCUT2D eigenvalue weighted by molar-refractivity contribution is -0.128. The van der Waals surface area contributed by atoms with E-state index >= 15 is 0 Å². The number of carbonyl (C=O) groups excluding carboxylic acids is 1. The van der Waals surface area contributed by atoms with Crippen LogP contribution in [0.25, 0.3) is 0 Å². The Morgan fingerprint density at radius 1 is 1.29 bits per heavy atom. The third-order valence-corrected chi connectivity index (χ3v) is 4.02. The number of nitrogens with two attached hydrogens (primary N) is 1. The summed E-state index contributed by atoms with van der Waals surface area (Å²) in [4.78, 5) is 20.6. The van der Waals surface area contributed by atoms with Crippen LogP contribution in [-0.4, -0.2) is 47.0 Å². The molecule has 2 rings (SSSR count). The first-order chi connectivity index (χ1) is 9.90. The van der Waals surface area contributed by atoms with Gasteiger partial charge in [0.15, 0.2) is 0 Å². The van der Waals surface area contributed by atoms with Crippen molar-refractivity contribution in [2.24, 2.45) is 5.73 Å². The molecule has 0 unspecified atom stereocenters. The summed E-state index contributed by atoms with van der Waals surface area (Å²) in [6.07, 6.45) is 0.922. The summed E-state index contributed by atoms with van der Waals surface area (Å²) in [6.45, 7) is 8.71. The second-order valence-electron chi connectivity index (χ2n) is 5.49. The number of nitrogens with zero attached hydrogens (tertiary/aromatic N) is 3. The second kappa shape index (κ2) is 6.39. The summed E-state index contributed by atoms with van der Waals surface area (Å²) >= 11 is 5.19. The van der Waals surface area contributed by atoms with E-state index in [0.717, 1.165) is 48.7 Å². The van der Waals surface area contributed by atoms with Crippen molar-refractivity contribution in [2.75, 3.05) is 31.1 Å². The Morgan fingerprint density at radius 3 is 2.62 bits per heavy atom.